The van der Waals surface area contributed by atoms with Crippen LogP contribution in [-0.4, -0.2) is 33.6 Å². The molecule has 0 spiro atoms. The van der Waals surface area contributed by atoms with Crippen LogP contribution in [0.25, 0.3) is 21.0 Å². The number of aromatic nitrogens is 1. The highest BCUT2D eigenvalue weighted by molar-refractivity contribution is 7.16. The summed E-state index contributed by atoms with van der Waals surface area (Å²) in [6, 6.07) is 21.2. The summed E-state index contributed by atoms with van der Waals surface area (Å²) in [4.78, 5) is 24.5. The van der Waals surface area contributed by atoms with Gasteiger partial charge in [0.2, 0.25) is 5.91 Å². The molecule has 1 heterocycles. The maximum Gasteiger partial charge on any atom is 0.475 e. The molecule has 0 aliphatic rings. The minimum Gasteiger partial charge on any atom is -0.426 e. The second-order valence-electron chi connectivity index (χ2n) is 7.21. The van der Waals surface area contributed by atoms with Crippen molar-refractivity contribution in [3.05, 3.63) is 82.0 Å². The molecule has 8 heteroatoms. The molecule has 30 heavy (non-hydrogen) atoms. The van der Waals surface area contributed by atoms with E-state index in [9.17, 15) is 19.6 Å². The number of aryl methyl sites for hydroxylation is 1. The lowest BCUT2D eigenvalue weighted by Gasteiger charge is -2.18. The molecule has 0 fully saturated rings. The Bertz CT molecular complexity index is 1250. The Morgan fingerprint density at radius 3 is 2.57 bits per heavy atom. The quantitative estimate of drug-likeness (QED) is 0.401. The zero-order chi connectivity index (χ0) is 21.1. The molecule has 0 saturated heterocycles. The molecule has 0 bridgehead atoms. The van der Waals surface area contributed by atoms with Gasteiger partial charge in [0, 0.05) is 13.0 Å². The zero-order valence-electron chi connectivity index (χ0n) is 16.2. The number of para-hydroxylation sites is 1. The lowest BCUT2D eigenvalue weighted by atomic mass is 9.75. The number of hydrogen-bond acceptors (Lipinski definition) is 5. The second-order valence-corrected chi connectivity index (χ2v) is 8.20. The number of hydrogen-bond donors (Lipinski definition) is 3. The molecule has 0 aliphatic carbocycles. The number of rotatable bonds is 7. The zero-order valence-corrected chi connectivity index (χ0v) is 17.0. The van der Waals surface area contributed by atoms with Crippen molar-refractivity contribution in [2.75, 3.05) is 0 Å². The predicted octanol–water partition coefficient (Wildman–Crippen LogP) is 2.35. The Hall–Kier alpha value is -2.94. The van der Waals surface area contributed by atoms with E-state index in [4.69, 9.17) is 0 Å². The van der Waals surface area contributed by atoms with E-state index in [1.165, 1.54) is 0 Å². The molecule has 4 rings (SSSR count). The van der Waals surface area contributed by atoms with E-state index in [0.29, 0.717) is 0 Å². The van der Waals surface area contributed by atoms with E-state index in [0.717, 1.165) is 37.9 Å². The van der Waals surface area contributed by atoms with Crippen molar-refractivity contribution in [1.82, 2.24) is 9.88 Å². The van der Waals surface area contributed by atoms with E-state index in [1.54, 1.807) is 4.57 Å². The van der Waals surface area contributed by atoms with E-state index >= 15 is 0 Å². The Kier molecular flexibility index (Phi) is 5.99. The fourth-order valence-corrected chi connectivity index (χ4v) is 4.49. The van der Waals surface area contributed by atoms with Gasteiger partial charge in [0.25, 0.3) is 0 Å². The Labute approximate surface area is 177 Å². The van der Waals surface area contributed by atoms with Crippen LogP contribution in [0.5, 0.6) is 0 Å². The third kappa shape index (κ3) is 4.46. The molecule has 1 atom stereocenters. The Morgan fingerprint density at radius 2 is 1.77 bits per heavy atom. The van der Waals surface area contributed by atoms with E-state index in [2.05, 4.69) is 5.32 Å². The number of fused-ring (bicyclic) bond motifs is 2. The average molecular weight is 420 g/mol. The molecule has 0 saturated carbocycles. The summed E-state index contributed by atoms with van der Waals surface area (Å²) < 4.78 is 2.45. The number of carbonyl (C=O) groups is 1. The Morgan fingerprint density at radius 1 is 1.03 bits per heavy atom. The fraction of sp³-hybridized carbons (Fsp3) is 0.182. The first kappa shape index (κ1) is 20.3. The Balaban J connectivity index is 1.42. The topological polar surface area (TPSA) is 91.6 Å². The summed E-state index contributed by atoms with van der Waals surface area (Å²) in [6.07, 6.45) is 0.358. The van der Waals surface area contributed by atoms with Crippen LogP contribution in [0.15, 0.2) is 71.5 Å². The molecule has 0 unspecified atom stereocenters. The van der Waals surface area contributed by atoms with Crippen molar-refractivity contribution >= 4 is 45.4 Å². The van der Waals surface area contributed by atoms with E-state index in [1.807, 2.05) is 66.7 Å². The molecular formula is C22H21BN2O4S. The molecule has 3 aromatic carbocycles. The van der Waals surface area contributed by atoms with E-state index < -0.39 is 13.1 Å². The van der Waals surface area contributed by atoms with Gasteiger partial charge >= 0.3 is 12.0 Å². The van der Waals surface area contributed by atoms with Crippen molar-refractivity contribution in [2.45, 2.75) is 25.3 Å². The summed E-state index contributed by atoms with van der Waals surface area (Å²) in [6.45, 7) is 0.235. The van der Waals surface area contributed by atoms with Crippen molar-refractivity contribution < 1.29 is 14.8 Å². The van der Waals surface area contributed by atoms with Gasteiger partial charge in [0.1, 0.15) is 0 Å². The minimum atomic E-state index is -1.69. The number of carbonyl (C=O) groups excluding carboxylic acids is 1. The highest BCUT2D eigenvalue weighted by Gasteiger charge is 2.25. The first-order chi connectivity index (χ1) is 14.5. The predicted molar refractivity (Wildman–Crippen MR) is 120 cm³/mol. The van der Waals surface area contributed by atoms with Crippen LogP contribution in [0.1, 0.15) is 12.0 Å². The molecule has 3 N–H and O–H groups in total. The monoisotopic (exact) mass is 420 g/mol. The molecule has 6 nitrogen and oxygen atoms in total. The molecule has 1 aromatic heterocycles. The summed E-state index contributed by atoms with van der Waals surface area (Å²) in [5, 5.41) is 24.4. The maximum absolute atomic E-state index is 12.5. The van der Waals surface area contributed by atoms with Gasteiger partial charge in [-0.3, -0.25) is 14.2 Å². The van der Waals surface area contributed by atoms with Crippen molar-refractivity contribution in [3.8, 4) is 0 Å². The van der Waals surface area contributed by atoms with Gasteiger partial charge in [-0.15, -0.1) is 0 Å². The van der Waals surface area contributed by atoms with Crippen LogP contribution in [0.2, 0.25) is 0 Å². The van der Waals surface area contributed by atoms with Crippen molar-refractivity contribution in [1.29, 1.82) is 0 Å². The van der Waals surface area contributed by atoms with Gasteiger partial charge in [-0.1, -0.05) is 65.9 Å². The van der Waals surface area contributed by atoms with Gasteiger partial charge in [0.05, 0.1) is 16.2 Å². The van der Waals surface area contributed by atoms with Gasteiger partial charge in [0.15, 0.2) is 0 Å². The number of nitrogens with one attached hydrogen (secondary N) is 1. The van der Waals surface area contributed by atoms with Crippen LogP contribution in [0.3, 0.4) is 0 Å². The average Bonchev–Trinajstić information content (AvgIpc) is 3.06. The van der Waals surface area contributed by atoms with Gasteiger partial charge in [-0.25, -0.2) is 0 Å². The summed E-state index contributed by atoms with van der Waals surface area (Å²) in [7, 11) is -1.69. The van der Waals surface area contributed by atoms with Crippen LogP contribution in [-0.2, 0) is 17.8 Å². The number of benzene rings is 3. The minimum absolute atomic E-state index is 0.0710. The highest BCUT2D eigenvalue weighted by atomic mass is 32.1. The lowest BCUT2D eigenvalue weighted by molar-refractivity contribution is -0.121. The number of nitrogens with zero attached hydrogens (tertiary/aromatic N) is 1. The molecule has 1 amide bonds. The lowest BCUT2D eigenvalue weighted by Crippen LogP contribution is -2.48. The maximum atomic E-state index is 12.5. The first-order valence-corrected chi connectivity index (χ1v) is 10.5. The molecule has 4 aromatic rings. The van der Waals surface area contributed by atoms with Crippen LogP contribution in [0, 0.1) is 0 Å². The summed E-state index contributed by atoms with van der Waals surface area (Å²) in [5.41, 5.74) is 1.70. The molecule has 0 aliphatic heterocycles. The highest BCUT2D eigenvalue weighted by Crippen LogP contribution is 2.18. The second kappa shape index (κ2) is 8.83. The van der Waals surface area contributed by atoms with Crippen molar-refractivity contribution in [2.24, 2.45) is 0 Å². The van der Waals surface area contributed by atoms with Gasteiger partial charge < -0.3 is 15.4 Å². The van der Waals surface area contributed by atoms with Crippen LogP contribution < -0.4 is 10.2 Å². The SMILES string of the molecule is O=C(CCn1c(=O)sc2ccccc21)N[C@@H](Cc1ccc2ccccc2c1)B(O)O. The third-order valence-electron chi connectivity index (χ3n) is 5.11. The molecule has 152 valence electrons. The van der Waals surface area contributed by atoms with Crippen molar-refractivity contribution in [3.63, 3.8) is 0 Å². The normalized spacial score (nSPS) is 12.2. The van der Waals surface area contributed by atoms with Gasteiger partial charge in [-0.05, 0) is 34.9 Å². The summed E-state index contributed by atoms with van der Waals surface area (Å²) >= 11 is 1.15. The molecular weight excluding hydrogens is 399 g/mol. The van der Waals surface area contributed by atoms with Gasteiger partial charge in [-0.2, -0.15) is 0 Å². The third-order valence-corrected chi connectivity index (χ3v) is 6.07. The summed E-state index contributed by atoms with van der Waals surface area (Å²) in [5.74, 6) is -1.18. The van der Waals surface area contributed by atoms with Crippen LogP contribution >= 0.6 is 11.3 Å². The molecule has 0 radical (unpaired) electrons. The fourth-order valence-electron chi connectivity index (χ4n) is 3.57. The number of amides is 1. The van der Waals surface area contributed by atoms with E-state index in [-0.39, 0.29) is 30.2 Å². The largest absolute Gasteiger partial charge is 0.475 e. The number of thiazole rings is 1. The standard InChI is InChI=1S/C22H21BN2O4S/c26-21(11-12-25-18-7-3-4-8-19(18)30-22(25)27)24-20(23(28)29)14-15-9-10-16-5-1-2-6-17(16)13-15/h1-10,13,20,28-29H,11-12,14H2,(H,24,26)/t20-/m0/s1. The van der Waals surface area contributed by atoms with Crippen LogP contribution in [0.4, 0.5) is 0 Å². The smallest absolute Gasteiger partial charge is 0.426 e. The first-order valence-electron chi connectivity index (χ1n) is 9.73.